The van der Waals surface area contributed by atoms with E-state index in [1.54, 1.807) is 12.3 Å². The van der Waals surface area contributed by atoms with Gasteiger partial charge in [0.05, 0.1) is 17.1 Å². The normalized spacial score (nSPS) is 12.1. The second-order valence-corrected chi connectivity index (χ2v) is 6.28. The Hall–Kier alpha value is -2.88. The molecule has 128 valence electrons. The Labute approximate surface area is 148 Å². The number of aryl methyl sites for hydroxylation is 1. The molecule has 0 saturated carbocycles. The molecule has 0 aliphatic carbocycles. The molecule has 1 amide bonds. The summed E-state index contributed by atoms with van der Waals surface area (Å²) in [5.41, 5.74) is 9.91. The Kier molecular flexibility index (Phi) is 4.98. The van der Waals surface area contributed by atoms with Gasteiger partial charge in [0.15, 0.2) is 0 Å². The van der Waals surface area contributed by atoms with Gasteiger partial charge in [0, 0.05) is 17.3 Å². The van der Waals surface area contributed by atoms with Gasteiger partial charge in [-0.3, -0.25) is 9.78 Å². The van der Waals surface area contributed by atoms with Gasteiger partial charge in [0.2, 0.25) is 0 Å². The molecule has 4 nitrogen and oxygen atoms in total. The van der Waals surface area contributed by atoms with Crippen LogP contribution in [0.5, 0.6) is 0 Å². The minimum atomic E-state index is -0.457. The number of amides is 1. The molecule has 0 aliphatic heterocycles. The number of aromatic nitrogens is 1. The number of nitrogens with zero attached hydrogens (tertiary/aromatic N) is 1. The zero-order valence-electron chi connectivity index (χ0n) is 14.6. The van der Waals surface area contributed by atoms with E-state index >= 15 is 0 Å². The van der Waals surface area contributed by atoms with Crippen molar-refractivity contribution in [2.75, 3.05) is 5.32 Å². The number of pyridine rings is 1. The number of hydrogen-bond donors (Lipinski definition) is 2. The number of carbonyl (C=O) groups excluding carboxylic acids is 1. The quantitative estimate of drug-likeness (QED) is 0.693. The number of primary amides is 1. The van der Waals surface area contributed by atoms with Gasteiger partial charge in [-0.2, -0.15) is 0 Å². The Bertz CT molecular complexity index is 890. The summed E-state index contributed by atoms with van der Waals surface area (Å²) >= 11 is 0. The third kappa shape index (κ3) is 3.48. The van der Waals surface area contributed by atoms with Crippen molar-refractivity contribution in [1.82, 2.24) is 4.98 Å². The molecule has 0 bridgehead atoms. The van der Waals surface area contributed by atoms with Crippen LogP contribution >= 0.6 is 0 Å². The van der Waals surface area contributed by atoms with Crippen molar-refractivity contribution in [3.05, 3.63) is 71.4 Å². The highest BCUT2D eigenvalue weighted by Gasteiger charge is 2.16. The third-order valence-electron chi connectivity index (χ3n) is 4.45. The van der Waals surface area contributed by atoms with Gasteiger partial charge in [-0.1, -0.05) is 55.8 Å². The van der Waals surface area contributed by atoms with Gasteiger partial charge < -0.3 is 11.1 Å². The highest BCUT2D eigenvalue weighted by molar-refractivity contribution is 6.07. The summed E-state index contributed by atoms with van der Waals surface area (Å²) in [6.07, 6.45) is 3.88. The molecule has 1 atom stereocenters. The molecule has 2 aromatic carbocycles. The van der Waals surface area contributed by atoms with E-state index in [0.29, 0.717) is 11.1 Å². The van der Waals surface area contributed by atoms with Crippen molar-refractivity contribution < 1.29 is 4.79 Å². The van der Waals surface area contributed by atoms with Crippen LogP contribution in [0.3, 0.4) is 0 Å². The molecular formula is C21H23N3O. The fourth-order valence-electron chi connectivity index (χ4n) is 3.18. The summed E-state index contributed by atoms with van der Waals surface area (Å²) in [5.74, 6) is -0.457. The molecule has 3 rings (SSSR count). The maximum Gasteiger partial charge on any atom is 0.250 e. The summed E-state index contributed by atoms with van der Waals surface area (Å²) in [4.78, 5) is 16.2. The fraction of sp³-hybridized carbons (Fsp3) is 0.238. The van der Waals surface area contributed by atoms with Crippen LogP contribution in [0.2, 0.25) is 0 Å². The molecule has 0 unspecified atom stereocenters. The highest BCUT2D eigenvalue weighted by Crippen LogP contribution is 2.32. The molecule has 1 heterocycles. The molecule has 3 aromatic rings. The van der Waals surface area contributed by atoms with Crippen LogP contribution in [0.15, 0.2) is 54.7 Å². The molecule has 0 aliphatic rings. The SMILES string of the molecule is CCC[C@@H](Nc1c(C)cnc2c(C(N)=O)cccc12)c1ccccc1. The van der Waals surface area contributed by atoms with Crippen molar-refractivity contribution in [3.63, 3.8) is 0 Å². The van der Waals surface area contributed by atoms with Crippen LogP contribution in [0.25, 0.3) is 10.9 Å². The molecule has 0 saturated heterocycles. The zero-order valence-corrected chi connectivity index (χ0v) is 14.6. The number of hydrogen-bond acceptors (Lipinski definition) is 3. The van der Waals surface area contributed by atoms with Crippen molar-refractivity contribution in [3.8, 4) is 0 Å². The molecule has 0 fully saturated rings. The maximum atomic E-state index is 11.7. The lowest BCUT2D eigenvalue weighted by Gasteiger charge is -2.22. The van der Waals surface area contributed by atoms with Gasteiger partial charge in [-0.25, -0.2) is 0 Å². The van der Waals surface area contributed by atoms with Crippen molar-refractivity contribution in [2.24, 2.45) is 5.73 Å². The lowest BCUT2D eigenvalue weighted by atomic mass is 10.00. The number of para-hydroxylation sites is 1. The third-order valence-corrected chi connectivity index (χ3v) is 4.45. The van der Waals surface area contributed by atoms with E-state index < -0.39 is 5.91 Å². The fourth-order valence-corrected chi connectivity index (χ4v) is 3.18. The monoisotopic (exact) mass is 333 g/mol. The Morgan fingerprint density at radius 3 is 2.60 bits per heavy atom. The molecule has 3 N–H and O–H groups in total. The smallest absolute Gasteiger partial charge is 0.250 e. The highest BCUT2D eigenvalue weighted by atomic mass is 16.1. The number of nitrogens with two attached hydrogens (primary N) is 1. The van der Waals surface area contributed by atoms with Crippen LogP contribution in [0.4, 0.5) is 5.69 Å². The summed E-state index contributed by atoms with van der Waals surface area (Å²) in [6.45, 7) is 4.21. The molecule has 25 heavy (non-hydrogen) atoms. The predicted molar refractivity (Wildman–Crippen MR) is 103 cm³/mol. The second-order valence-electron chi connectivity index (χ2n) is 6.28. The van der Waals surface area contributed by atoms with E-state index in [1.807, 2.05) is 25.1 Å². The summed E-state index contributed by atoms with van der Waals surface area (Å²) in [7, 11) is 0. The Morgan fingerprint density at radius 2 is 1.92 bits per heavy atom. The van der Waals surface area contributed by atoms with E-state index in [2.05, 4.69) is 41.5 Å². The largest absolute Gasteiger partial charge is 0.377 e. The van der Waals surface area contributed by atoms with Crippen molar-refractivity contribution >= 4 is 22.5 Å². The van der Waals surface area contributed by atoms with E-state index in [4.69, 9.17) is 5.73 Å². The lowest BCUT2D eigenvalue weighted by Crippen LogP contribution is -2.14. The maximum absolute atomic E-state index is 11.7. The van der Waals surface area contributed by atoms with Gasteiger partial charge in [0.1, 0.15) is 0 Å². The second kappa shape index (κ2) is 7.34. The van der Waals surface area contributed by atoms with Crippen LogP contribution < -0.4 is 11.1 Å². The lowest BCUT2D eigenvalue weighted by molar-refractivity contribution is 0.100. The van der Waals surface area contributed by atoms with E-state index in [0.717, 1.165) is 29.5 Å². The number of fused-ring (bicyclic) bond motifs is 1. The average molecular weight is 333 g/mol. The minimum Gasteiger partial charge on any atom is -0.377 e. The first kappa shape index (κ1) is 17.0. The van der Waals surface area contributed by atoms with Crippen molar-refractivity contribution in [1.29, 1.82) is 0 Å². The average Bonchev–Trinajstić information content (AvgIpc) is 2.63. The van der Waals surface area contributed by atoms with Gasteiger partial charge in [0.25, 0.3) is 5.91 Å². The number of benzene rings is 2. The Balaban J connectivity index is 2.09. The first-order chi connectivity index (χ1) is 12.1. The molecule has 0 radical (unpaired) electrons. The summed E-state index contributed by atoms with van der Waals surface area (Å²) in [5, 5.41) is 4.61. The molecule has 1 aromatic heterocycles. The summed E-state index contributed by atoms with van der Waals surface area (Å²) in [6, 6.07) is 16.2. The van der Waals surface area contributed by atoms with Crippen molar-refractivity contribution in [2.45, 2.75) is 32.7 Å². The van der Waals surface area contributed by atoms with Crippen LogP contribution in [0, 0.1) is 6.92 Å². The minimum absolute atomic E-state index is 0.202. The molecular weight excluding hydrogens is 310 g/mol. The first-order valence-electron chi connectivity index (χ1n) is 8.61. The number of carbonyl (C=O) groups is 1. The van der Waals surface area contributed by atoms with E-state index in [9.17, 15) is 4.79 Å². The number of nitrogens with one attached hydrogen (secondary N) is 1. The van der Waals surface area contributed by atoms with Gasteiger partial charge in [-0.15, -0.1) is 0 Å². The van der Waals surface area contributed by atoms with Gasteiger partial charge >= 0.3 is 0 Å². The standard InChI is InChI=1S/C21H23N3O/c1-3-8-18(15-9-5-4-6-10-15)24-19-14(2)13-23-20-16(19)11-7-12-17(20)21(22)25/h4-7,9-13,18H,3,8H2,1-2H3,(H2,22,25)(H,23,24)/t18-/m1/s1. The molecule has 0 spiro atoms. The zero-order chi connectivity index (χ0) is 17.8. The van der Waals surface area contributed by atoms with Crippen LogP contribution in [0.1, 0.15) is 47.3 Å². The van der Waals surface area contributed by atoms with Crippen LogP contribution in [-0.4, -0.2) is 10.9 Å². The number of rotatable bonds is 6. The number of anilines is 1. The topological polar surface area (TPSA) is 68.0 Å². The van der Waals surface area contributed by atoms with Gasteiger partial charge in [-0.05, 0) is 30.5 Å². The van der Waals surface area contributed by atoms with E-state index in [1.165, 1.54) is 5.56 Å². The van der Waals surface area contributed by atoms with Crippen LogP contribution in [-0.2, 0) is 0 Å². The predicted octanol–water partition coefficient (Wildman–Crippen LogP) is 4.60. The summed E-state index contributed by atoms with van der Waals surface area (Å²) < 4.78 is 0. The van der Waals surface area contributed by atoms with E-state index in [-0.39, 0.29) is 6.04 Å². The Morgan fingerprint density at radius 1 is 1.16 bits per heavy atom. The molecule has 4 heteroatoms. The first-order valence-corrected chi connectivity index (χ1v) is 8.61.